The van der Waals surface area contributed by atoms with Crippen LogP contribution >= 0.6 is 12.2 Å². The number of thiocarbonyl (C=S) groups is 1. The first-order valence-corrected chi connectivity index (χ1v) is 5.76. The zero-order valence-corrected chi connectivity index (χ0v) is 10.9. The average molecular weight is 264 g/mol. The normalized spacial score (nSPS) is 10.4. The van der Waals surface area contributed by atoms with Gasteiger partial charge in [-0.15, -0.1) is 0 Å². The average Bonchev–Trinajstić information content (AvgIpc) is 2.57. The minimum Gasteiger partial charge on any atom is -0.389 e. The van der Waals surface area contributed by atoms with Gasteiger partial charge in [-0.25, -0.2) is 4.39 Å². The fourth-order valence-corrected chi connectivity index (χ4v) is 2.03. The Kier molecular flexibility index (Phi) is 3.29. The van der Waals surface area contributed by atoms with Gasteiger partial charge in [0.05, 0.1) is 16.9 Å². The highest BCUT2D eigenvalue weighted by Crippen LogP contribution is 2.24. The molecule has 0 bridgehead atoms. The molecule has 0 aliphatic heterocycles. The van der Waals surface area contributed by atoms with Gasteiger partial charge >= 0.3 is 0 Å². The fraction of sp³-hybridized carbons (Fsp3) is 0.167. The molecule has 18 heavy (non-hydrogen) atoms. The largest absolute Gasteiger partial charge is 0.389 e. The Hall–Kier alpha value is -1.95. The second-order valence-corrected chi connectivity index (χ2v) is 4.34. The quantitative estimate of drug-likeness (QED) is 0.835. The van der Waals surface area contributed by atoms with E-state index < -0.39 is 0 Å². The van der Waals surface area contributed by atoms with Crippen molar-refractivity contribution in [2.45, 2.75) is 6.92 Å². The van der Waals surface area contributed by atoms with Gasteiger partial charge in [-0.1, -0.05) is 24.4 Å². The number of hydrogen-bond donors (Lipinski definition) is 2. The molecule has 0 unspecified atom stereocenters. The summed E-state index contributed by atoms with van der Waals surface area (Å²) in [4.78, 5) is 0.236. The first kappa shape index (κ1) is 12.5. The van der Waals surface area contributed by atoms with Crippen LogP contribution in [0.15, 0.2) is 24.3 Å². The SMILES string of the molecule is Cc1nn(C)c(Nc2ccccc2F)c1C(N)=S. The lowest BCUT2D eigenvalue weighted by Crippen LogP contribution is -2.13. The molecular weight excluding hydrogens is 251 g/mol. The van der Waals surface area contributed by atoms with Gasteiger partial charge in [0.15, 0.2) is 0 Å². The smallest absolute Gasteiger partial charge is 0.146 e. The monoisotopic (exact) mass is 264 g/mol. The Morgan fingerprint density at radius 3 is 2.72 bits per heavy atom. The third-order valence-corrected chi connectivity index (χ3v) is 2.80. The zero-order valence-electron chi connectivity index (χ0n) is 10.1. The molecule has 1 heterocycles. The molecule has 0 radical (unpaired) electrons. The predicted molar refractivity (Wildman–Crippen MR) is 73.5 cm³/mol. The Bertz CT molecular complexity index is 606. The number of anilines is 2. The number of para-hydroxylation sites is 1. The molecule has 0 saturated heterocycles. The molecule has 0 spiro atoms. The van der Waals surface area contributed by atoms with E-state index in [9.17, 15) is 4.39 Å². The van der Waals surface area contributed by atoms with Crippen LogP contribution in [0.25, 0.3) is 0 Å². The van der Waals surface area contributed by atoms with Gasteiger partial charge in [-0.05, 0) is 19.1 Å². The van der Waals surface area contributed by atoms with Gasteiger partial charge in [0.25, 0.3) is 0 Å². The highest BCUT2D eigenvalue weighted by atomic mass is 32.1. The molecule has 1 aromatic carbocycles. The summed E-state index contributed by atoms with van der Waals surface area (Å²) in [7, 11) is 1.75. The maximum absolute atomic E-state index is 13.6. The van der Waals surface area contributed by atoms with Crippen LogP contribution in [-0.2, 0) is 7.05 Å². The summed E-state index contributed by atoms with van der Waals surface area (Å²) in [5.74, 6) is 0.246. The van der Waals surface area contributed by atoms with Gasteiger partial charge in [-0.3, -0.25) is 4.68 Å². The number of nitrogens with one attached hydrogen (secondary N) is 1. The Balaban J connectivity index is 2.47. The second-order valence-electron chi connectivity index (χ2n) is 3.90. The minimum absolute atomic E-state index is 0.236. The van der Waals surface area contributed by atoms with Crippen LogP contribution in [0.1, 0.15) is 11.3 Å². The zero-order chi connectivity index (χ0) is 13.3. The highest BCUT2D eigenvalue weighted by Gasteiger charge is 2.16. The van der Waals surface area contributed by atoms with Crippen LogP contribution in [-0.4, -0.2) is 14.8 Å². The molecule has 0 aliphatic carbocycles. The fourth-order valence-electron chi connectivity index (χ4n) is 1.79. The predicted octanol–water partition coefficient (Wildman–Crippen LogP) is 2.25. The first-order valence-electron chi connectivity index (χ1n) is 5.35. The molecule has 2 aromatic rings. The van der Waals surface area contributed by atoms with Crippen molar-refractivity contribution in [2.24, 2.45) is 12.8 Å². The van der Waals surface area contributed by atoms with Crippen molar-refractivity contribution < 1.29 is 4.39 Å². The summed E-state index contributed by atoms with van der Waals surface area (Å²) in [6.45, 7) is 1.81. The molecule has 3 N–H and O–H groups in total. The summed E-state index contributed by atoms with van der Waals surface area (Å²) in [5, 5.41) is 7.19. The summed E-state index contributed by atoms with van der Waals surface area (Å²) < 4.78 is 15.2. The lowest BCUT2D eigenvalue weighted by atomic mass is 10.2. The Morgan fingerprint density at radius 2 is 2.11 bits per heavy atom. The van der Waals surface area contributed by atoms with Crippen LogP contribution < -0.4 is 11.1 Å². The molecule has 4 nitrogen and oxygen atoms in total. The molecule has 0 saturated carbocycles. The maximum atomic E-state index is 13.6. The van der Waals surface area contributed by atoms with Crippen LogP contribution in [0.5, 0.6) is 0 Å². The van der Waals surface area contributed by atoms with Crippen molar-refractivity contribution in [2.75, 3.05) is 5.32 Å². The van der Waals surface area contributed by atoms with Gasteiger partial charge in [-0.2, -0.15) is 5.10 Å². The van der Waals surface area contributed by atoms with E-state index in [-0.39, 0.29) is 10.8 Å². The van der Waals surface area contributed by atoms with E-state index in [0.717, 1.165) is 0 Å². The van der Waals surface area contributed by atoms with E-state index in [2.05, 4.69) is 10.4 Å². The molecular formula is C12H13FN4S. The third kappa shape index (κ3) is 2.19. The van der Waals surface area contributed by atoms with E-state index in [0.29, 0.717) is 22.8 Å². The molecule has 0 aliphatic rings. The molecule has 6 heteroatoms. The van der Waals surface area contributed by atoms with Gasteiger partial charge in [0, 0.05) is 7.05 Å². The van der Waals surface area contributed by atoms with E-state index in [1.165, 1.54) is 6.07 Å². The number of halogens is 1. The van der Waals surface area contributed by atoms with Gasteiger partial charge in [0.2, 0.25) is 0 Å². The molecule has 0 fully saturated rings. The van der Waals surface area contributed by atoms with Crippen molar-refractivity contribution in [3.63, 3.8) is 0 Å². The van der Waals surface area contributed by atoms with Crippen molar-refractivity contribution >= 4 is 28.7 Å². The molecule has 0 atom stereocenters. The van der Waals surface area contributed by atoms with Gasteiger partial charge < -0.3 is 11.1 Å². The lowest BCUT2D eigenvalue weighted by molar-refractivity contribution is 0.631. The molecule has 1 aromatic heterocycles. The third-order valence-electron chi connectivity index (χ3n) is 2.60. The molecule has 94 valence electrons. The number of aromatic nitrogens is 2. The van der Waals surface area contributed by atoms with Crippen molar-refractivity contribution in [3.05, 3.63) is 41.3 Å². The number of nitrogens with two attached hydrogens (primary N) is 1. The number of benzene rings is 1. The molecule has 2 rings (SSSR count). The topological polar surface area (TPSA) is 55.9 Å². The number of aryl methyl sites for hydroxylation is 2. The van der Waals surface area contributed by atoms with E-state index in [1.54, 1.807) is 36.9 Å². The lowest BCUT2D eigenvalue weighted by Gasteiger charge is -2.09. The number of hydrogen-bond acceptors (Lipinski definition) is 3. The summed E-state index contributed by atoms with van der Waals surface area (Å²) in [6.07, 6.45) is 0. The van der Waals surface area contributed by atoms with Gasteiger partial charge in [0.1, 0.15) is 16.6 Å². The van der Waals surface area contributed by atoms with Crippen molar-refractivity contribution in [1.29, 1.82) is 0 Å². The van der Waals surface area contributed by atoms with Crippen LogP contribution in [0.2, 0.25) is 0 Å². The standard InChI is InChI=1S/C12H13FN4S/c1-7-10(11(14)18)12(17(2)16-7)15-9-6-4-3-5-8(9)13/h3-6,15H,1-2H3,(H2,14,18). The van der Waals surface area contributed by atoms with E-state index in [1.807, 2.05) is 0 Å². The van der Waals surface area contributed by atoms with Crippen molar-refractivity contribution in [3.8, 4) is 0 Å². The van der Waals surface area contributed by atoms with Crippen molar-refractivity contribution in [1.82, 2.24) is 9.78 Å². The van der Waals surface area contributed by atoms with E-state index in [4.69, 9.17) is 18.0 Å². The minimum atomic E-state index is -0.342. The van der Waals surface area contributed by atoms with Crippen LogP contribution in [0.3, 0.4) is 0 Å². The van der Waals surface area contributed by atoms with Crippen LogP contribution in [0, 0.1) is 12.7 Å². The Labute approximate surface area is 110 Å². The van der Waals surface area contributed by atoms with Crippen LogP contribution in [0.4, 0.5) is 15.9 Å². The number of rotatable bonds is 3. The van der Waals surface area contributed by atoms with E-state index >= 15 is 0 Å². The number of nitrogens with zero attached hydrogens (tertiary/aromatic N) is 2. The summed E-state index contributed by atoms with van der Waals surface area (Å²) in [6, 6.07) is 6.39. The maximum Gasteiger partial charge on any atom is 0.146 e. The first-order chi connectivity index (χ1) is 8.50. The summed E-state index contributed by atoms with van der Waals surface area (Å²) in [5.41, 5.74) is 7.37. The highest BCUT2D eigenvalue weighted by molar-refractivity contribution is 7.80. The second kappa shape index (κ2) is 4.73. The summed E-state index contributed by atoms with van der Waals surface area (Å²) >= 11 is 4.99. The Morgan fingerprint density at radius 1 is 1.44 bits per heavy atom. The molecule has 0 amide bonds.